The molecule has 0 amide bonds. The topological polar surface area (TPSA) is 187 Å². The van der Waals surface area contributed by atoms with Crippen LogP contribution in [-0.2, 0) is 47.9 Å². The lowest BCUT2D eigenvalue weighted by Crippen LogP contribution is -2.44. The van der Waals surface area contributed by atoms with Crippen LogP contribution in [0.3, 0.4) is 0 Å². The second-order valence-electron chi connectivity index (χ2n) is 13.6. The first-order valence-corrected chi connectivity index (χ1v) is 17.0. The second-order valence-corrected chi connectivity index (χ2v) is 13.6. The quantitative estimate of drug-likeness (QED) is 0.206. The third kappa shape index (κ3) is 5.97. The van der Waals surface area contributed by atoms with Gasteiger partial charge in [0.1, 0.15) is 5.92 Å². The van der Waals surface area contributed by atoms with E-state index in [1.54, 1.807) is 18.2 Å². The van der Waals surface area contributed by atoms with Crippen LogP contribution in [0.15, 0.2) is 40.6 Å². The highest BCUT2D eigenvalue weighted by molar-refractivity contribution is 6.21. The smallest absolute Gasteiger partial charge is 0.334 e. The number of allylic oxidation sites excluding steroid dienone is 3. The maximum Gasteiger partial charge on any atom is 0.334 e. The zero-order valence-electron chi connectivity index (χ0n) is 30.1. The third-order valence-electron chi connectivity index (χ3n) is 10.8. The number of aromatic nitrogens is 3. The summed E-state index contributed by atoms with van der Waals surface area (Å²) < 4.78 is 10.4. The van der Waals surface area contributed by atoms with Crippen LogP contribution in [-0.4, -0.2) is 69.0 Å². The number of aromatic amines is 3. The molecular weight excluding hydrogens is 664 g/mol. The van der Waals surface area contributed by atoms with Gasteiger partial charge in [0, 0.05) is 52.7 Å². The number of carboxylic acids is 2. The van der Waals surface area contributed by atoms with Crippen LogP contribution in [0, 0.1) is 32.1 Å². The van der Waals surface area contributed by atoms with Crippen molar-refractivity contribution in [2.45, 2.75) is 59.8 Å². The number of fused-ring (bicyclic) bond motifs is 10. The Hall–Kier alpha value is -5.91. The number of nitrogens with zero attached hydrogens (tertiary/aromatic N) is 1. The van der Waals surface area contributed by atoms with Crippen LogP contribution < -0.4 is 10.7 Å². The normalized spacial score (nSPS) is 21.2. The first-order valence-electron chi connectivity index (χ1n) is 17.0. The Labute approximate surface area is 300 Å². The molecule has 3 aliphatic rings. The van der Waals surface area contributed by atoms with E-state index in [1.807, 2.05) is 45.9 Å². The van der Waals surface area contributed by atoms with Crippen LogP contribution in [0.25, 0.3) is 24.3 Å². The number of aliphatic imine (C=N–C) groups is 1. The molecule has 270 valence electrons. The Kier molecular flexibility index (Phi) is 9.43. The summed E-state index contributed by atoms with van der Waals surface area (Å²) in [5.74, 6) is -4.25. The fourth-order valence-corrected chi connectivity index (χ4v) is 7.85. The third-order valence-corrected chi connectivity index (χ3v) is 10.8. The molecule has 12 nitrogen and oxygen atoms in total. The molecule has 12 heteroatoms. The van der Waals surface area contributed by atoms with Crippen molar-refractivity contribution < 1.29 is 38.9 Å². The molecule has 1 aliphatic carbocycles. The predicted molar refractivity (Wildman–Crippen MR) is 196 cm³/mol. The van der Waals surface area contributed by atoms with Crippen LogP contribution >= 0.6 is 0 Å². The van der Waals surface area contributed by atoms with Gasteiger partial charge in [0.15, 0.2) is 0 Å². The van der Waals surface area contributed by atoms with E-state index in [-0.39, 0.29) is 31.3 Å². The van der Waals surface area contributed by atoms with Gasteiger partial charge in [-0.2, -0.15) is 0 Å². The van der Waals surface area contributed by atoms with Crippen molar-refractivity contribution in [1.82, 2.24) is 15.0 Å². The van der Waals surface area contributed by atoms with Gasteiger partial charge in [-0.25, -0.2) is 4.79 Å². The highest BCUT2D eigenvalue weighted by Gasteiger charge is 2.54. The molecule has 6 rings (SSSR count). The number of hydrogen-bond donors (Lipinski definition) is 5. The summed E-state index contributed by atoms with van der Waals surface area (Å²) in [6.07, 6.45) is 11.7. The van der Waals surface area contributed by atoms with E-state index in [2.05, 4.69) is 21.5 Å². The molecule has 2 atom stereocenters. The predicted octanol–water partition coefficient (Wildman–Crippen LogP) is 4.12. The van der Waals surface area contributed by atoms with Gasteiger partial charge < -0.3 is 34.6 Å². The highest BCUT2D eigenvalue weighted by atomic mass is 16.5. The number of carbonyl (C=O) groups is 4. The summed E-state index contributed by atoms with van der Waals surface area (Å²) in [4.78, 5) is 66.0. The van der Waals surface area contributed by atoms with Crippen molar-refractivity contribution in [1.29, 1.82) is 0 Å². The second kappa shape index (κ2) is 13.7. The van der Waals surface area contributed by atoms with Crippen LogP contribution in [0.1, 0.15) is 75.9 Å². The summed E-state index contributed by atoms with van der Waals surface area (Å²) in [5, 5.41) is 20.5. The average Bonchev–Trinajstić information content (AvgIpc) is 3.76. The number of esters is 2. The lowest BCUT2D eigenvalue weighted by Gasteiger charge is -2.37. The first-order chi connectivity index (χ1) is 24.7. The maximum absolute atomic E-state index is 13.7. The minimum absolute atomic E-state index is 0.0670. The molecule has 0 saturated carbocycles. The van der Waals surface area contributed by atoms with Crippen LogP contribution in [0.5, 0.6) is 0 Å². The van der Waals surface area contributed by atoms with Crippen molar-refractivity contribution in [2.24, 2.45) is 16.3 Å². The molecule has 0 fully saturated rings. The van der Waals surface area contributed by atoms with Gasteiger partial charge in [-0.15, -0.1) is 0 Å². The lowest BCUT2D eigenvalue weighted by atomic mass is 9.63. The number of ether oxygens (including phenoxy) is 2. The zero-order chi connectivity index (χ0) is 37.6. The monoisotopic (exact) mass is 706 g/mol. The SMILES string of the molecule is C=Cc1c2[nH]c(c1C)/C=C1N=C(/C=c3\[nH]/c(c(CCC(=O)O)c3C)=C\c3[nH]c(c(C)c3CCC(=O)O)C2)[C@@]2(C)C\1=CC=C(C(=O)OC)C2C(=O)OC. The number of aliphatic carboxylic acids is 2. The maximum atomic E-state index is 13.7. The first kappa shape index (κ1) is 35.9. The van der Waals surface area contributed by atoms with Crippen molar-refractivity contribution >= 4 is 53.9 Å². The van der Waals surface area contributed by atoms with Gasteiger partial charge in [-0.05, 0) is 97.7 Å². The Morgan fingerprint density at radius 3 is 2.17 bits per heavy atom. The van der Waals surface area contributed by atoms with Crippen LogP contribution in [0.4, 0.5) is 0 Å². The summed E-state index contributed by atoms with van der Waals surface area (Å²) in [6, 6.07) is 0. The Morgan fingerprint density at radius 1 is 0.865 bits per heavy atom. The number of H-pyrrole nitrogens is 3. The Bertz CT molecular complexity index is 2320. The fraction of sp³-hybridized carbons (Fsp3) is 0.325. The number of rotatable bonds is 9. The Morgan fingerprint density at radius 2 is 1.54 bits per heavy atom. The van der Waals surface area contributed by atoms with E-state index >= 15 is 0 Å². The molecule has 0 radical (unpaired) electrons. The molecule has 1 unspecified atom stereocenters. The van der Waals surface area contributed by atoms with Crippen molar-refractivity contribution in [3.63, 3.8) is 0 Å². The molecule has 8 bridgehead atoms. The number of carbonyl (C=O) groups excluding carboxylic acids is 2. The summed E-state index contributed by atoms with van der Waals surface area (Å²) in [7, 11) is 2.54. The van der Waals surface area contributed by atoms with E-state index in [1.165, 1.54) is 14.2 Å². The summed E-state index contributed by atoms with van der Waals surface area (Å²) in [6.45, 7) is 11.8. The molecule has 2 aliphatic heterocycles. The van der Waals surface area contributed by atoms with Gasteiger partial charge >= 0.3 is 23.9 Å². The molecule has 3 aromatic heterocycles. The summed E-state index contributed by atoms with van der Waals surface area (Å²) >= 11 is 0. The molecule has 5 heterocycles. The minimum atomic E-state index is -1.17. The number of methoxy groups -OCH3 is 2. The van der Waals surface area contributed by atoms with Crippen molar-refractivity contribution in [2.75, 3.05) is 14.2 Å². The Balaban J connectivity index is 1.71. The van der Waals surface area contributed by atoms with Gasteiger partial charge in [0.05, 0.1) is 36.6 Å². The highest BCUT2D eigenvalue weighted by Crippen LogP contribution is 2.52. The van der Waals surface area contributed by atoms with Gasteiger partial charge in [0.2, 0.25) is 0 Å². The standard InChI is InChI=1S/C40H42N4O8/c1-8-22-19(2)28-16-33-26-12-9-25(38(49)51-6)37(39(50)52-7)40(26,5)34(44-33)18-29-21(4)24(11-14-36(47)48)32(43-29)17-31-23(10-13-35(45)46)20(3)27(42-31)15-30(22)41-28/h8-9,12,16-18,37,41-43H,1,10-11,13-15H2,2-7H3,(H,45,46)(H,47,48)/b29-18-,32-17-,33-16-/t37?,40-/m1/s1. The summed E-state index contributed by atoms with van der Waals surface area (Å²) in [5.41, 5.74) is 9.23. The molecule has 5 N–H and O–H groups in total. The lowest BCUT2D eigenvalue weighted by molar-refractivity contribution is -0.149. The minimum Gasteiger partial charge on any atom is -0.481 e. The number of nitrogens with one attached hydrogen (secondary N) is 3. The van der Waals surface area contributed by atoms with Gasteiger partial charge in [0.25, 0.3) is 0 Å². The zero-order valence-corrected chi connectivity index (χ0v) is 30.1. The van der Waals surface area contributed by atoms with Crippen LogP contribution in [0.2, 0.25) is 0 Å². The van der Waals surface area contributed by atoms with Gasteiger partial charge in [-0.1, -0.05) is 24.8 Å². The molecule has 0 spiro atoms. The van der Waals surface area contributed by atoms with Gasteiger partial charge in [-0.3, -0.25) is 19.4 Å². The van der Waals surface area contributed by atoms with E-state index in [0.717, 1.165) is 56.2 Å². The average molecular weight is 707 g/mol. The van der Waals surface area contributed by atoms with Crippen molar-refractivity contribution in [3.8, 4) is 0 Å². The fourth-order valence-electron chi connectivity index (χ4n) is 7.85. The molecule has 0 saturated heterocycles. The van der Waals surface area contributed by atoms with E-state index in [4.69, 9.17) is 14.5 Å². The largest absolute Gasteiger partial charge is 0.481 e. The van der Waals surface area contributed by atoms with E-state index in [9.17, 15) is 29.4 Å². The van der Waals surface area contributed by atoms with E-state index in [0.29, 0.717) is 34.1 Å². The molecule has 0 aromatic carbocycles. The molecule has 3 aromatic rings. The molecular formula is C40H42N4O8. The molecule has 52 heavy (non-hydrogen) atoms. The number of carboxylic acid groups (broad SMARTS) is 2. The van der Waals surface area contributed by atoms with E-state index < -0.39 is 35.2 Å². The number of hydrogen-bond acceptors (Lipinski definition) is 7. The van der Waals surface area contributed by atoms with Crippen molar-refractivity contribution in [3.05, 3.63) is 102 Å².